The van der Waals surface area contributed by atoms with Crippen LogP contribution in [0, 0.1) is 11.3 Å². The Kier molecular flexibility index (Phi) is 5.98. The molecule has 0 spiro atoms. The molecule has 104 valence electrons. The molecular weight excluding hydrogens is 256 g/mol. The average Bonchev–Trinajstić information content (AvgIpc) is 2.50. The largest absolute Gasteiger partial charge is 0.468 e. The van der Waals surface area contributed by atoms with Crippen LogP contribution in [0.4, 0.5) is 0 Å². The molecule has 5 nitrogen and oxygen atoms in total. The van der Waals surface area contributed by atoms with Gasteiger partial charge in [-0.15, -0.1) is 0 Å². The smallest absolute Gasteiger partial charge is 0.325 e. The van der Waals surface area contributed by atoms with E-state index in [0.29, 0.717) is 12.1 Å². The Labute approximate surface area is 118 Å². The van der Waals surface area contributed by atoms with Crippen LogP contribution in [0.15, 0.2) is 30.3 Å². The number of carbonyl (C=O) groups is 2. The van der Waals surface area contributed by atoms with Crippen molar-refractivity contribution in [2.75, 3.05) is 20.2 Å². The van der Waals surface area contributed by atoms with Crippen molar-refractivity contribution in [1.29, 1.82) is 5.26 Å². The number of hydrogen-bond donors (Lipinski definition) is 0. The number of likely N-dealkylation sites (N-methyl/N-ethyl adjacent to an activating group) is 1. The maximum Gasteiger partial charge on any atom is 0.325 e. The molecule has 1 rings (SSSR count). The van der Waals surface area contributed by atoms with Crippen LogP contribution in [0.1, 0.15) is 18.1 Å². The van der Waals surface area contributed by atoms with E-state index in [1.807, 2.05) is 6.07 Å². The van der Waals surface area contributed by atoms with Gasteiger partial charge < -0.3 is 9.64 Å². The first-order valence-electron chi connectivity index (χ1n) is 6.14. The van der Waals surface area contributed by atoms with E-state index in [9.17, 15) is 9.59 Å². The molecule has 1 amide bonds. The van der Waals surface area contributed by atoms with Crippen molar-refractivity contribution in [1.82, 2.24) is 4.90 Å². The summed E-state index contributed by atoms with van der Waals surface area (Å²) in [6.45, 7) is 2.12. The van der Waals surface area contributed by atoms with Crippen molar-refractivity contribution in [3.8, 4) is 6.07 Å². The van der Waals surface area contributed by atoms with E-state index in [1.165, 1.54) is 18.1 Å². The van der Waals surface area contributed by atoms with Gasteiger partial charge in [-0.05, 0) is 30.7 Å². The van der Waals surface area contributed by atoms with E-state index in [1.54, 1.807) is 37.3 Å². The van der Waals surface area contributed by atoms with Crippen LogP contribution in [0.5, 0.6) is 0 Å². The number of ether oxygens (including phenoxy) is 1. The monoisotopic (exact) mass is 272 g/mol. The van der Waals surface area contributed by atoms with Gasteiger partial charge in [-0.25, -0.2) is 0 Å². The molecule has 5 heteroatoms. The van der Waals surface area contributed by atoms with Crippen LogP contribution >= 0.6 is 0 Å². The van der Waals surface area contributed by atoms with Crippen molar-refractivity contribution in [3.05, 3.63) is 41.5 Å². The van der Waals surface area contributed by atoms with E-state index < -0.39 is 5.97 Å². The fourth-order valence-electron chi connectivity index (χ4n) is 1.55. The Morgan fingerprint density at radius 3 is 2.80 bits per heavy atom. The highest BCUT2D eigenvalue weighted by molar-refractivity contribution is 5.93. The Morgan fingerprint density at radius 2 is 2.20 bits per heavy atom. The summed E-state index contributed by atoms with van der Waals surface area (Å²) in [6.07, 6.45) is 2.99. The number of methoxy groups -OCH3 is 1. The Bertz CT molecular complexity index is 558. The summed E-state index contributed by atoms with van der Waals surface area (Å²) in [7, 11) is 1.28. The van der Waals surface area contributed by atoms with Gasteiger partial charge in [0.1, 0.15) is 6.54 Å². The number of carbonyl (C=O) groups excluding carboxylic acids is 2. The fourth-order valence-corrected chi connectivity index (χ4v) is 1.55. The van der Waals surface area contributed by atoms with Gasteiger partial charge in [-0.2, -0.15) is 5.26 Å². The Balaban J connectivity index is 2.74. The van der Waals surface area contributed by atoms with Crippen molar-refractivity contribution in [2.24, 2.45) is 0 Å². The molecule has 0 aliphatic rings. The summed E-state index contributed by atoms with van der Waals surface area (Å²) in [4.78, 5) is 24.5. The fraction of sp³-hybridized carbons (Fsp3) is 0.267. The number of esters is 1. The summed E-state index contributed by atoms with van der Waals surface area (Å²) < 4.78 is 4.53. The van der Waals surface area contributed by atoms with Crippen LogP contribution in [0.3, 0.4) is 0 Å². The second-order valence-electron chi connectivity index (χ2n) is 4.00. The number of rotatable bonds is 5. The lowest BCUT2D eigenvalue weighted by Gasteiger charge is -2.17. The number of amides is 1. The van der Waals surface area contributed by atoms with Crippen LogP contribution in [-0.2, 0) is 14.3 Å². The molecule has 0 N–H and O–H groups in total. The first-order chi connectivity index (χ1) is 9.60. The van der Waals surface area contributed by atoms with Crippen molar-refractivity contribution in [3.63, 3.8) is 0 Å². The molecule has 20 heavy (non-hydrogen) atoms. The highest BCUT2D eigenvalue weighted by Gasteiger charge is 2.12. The molecule has 0 saturated heterocycles. The zero-order valence-corrected chi connectivity index (χ0v) is 11.5. The van der Waals surface area contributed by atoms with Gasteiger partial charge in [0.2, 0.25) is 5.91 Å². The molecule has 0 aromatic heterocycles. The van der Waals surface area contributed by atoms with Crippen molar-refractivity contribution < 1.29 is 14.3 Å². The Hall–Kier alpha value is -2.61. The second kappa shape index (κ2) is 7.74. The van der Waals surface area contributed by atoms with E-state index >= 15 is 0 Å². The molecule has 0 saturated carbocycles. The lowest BCUT2D eigenvalue weighted by Crippen LogP contribution is -2.34. The van der Waals surface area contributed by atoms with Gasteiger partial charge in [0.05, 0.1) is 18.7 Å². The van der Waals surface area contributed by atoms with Crippen LogP contribution in [0.25, 0.3) is 6.08 Å². The first kappa shape index (κ1) is 15.4. The third-order valence-electron chi connectivity index (χ3n) is 2.68. The van der Waals surface area contributed by atoms with Gasteiger partial charge in [0, 0.05) is 12.6 Å². The van der Waals surface area contributed by atoms with Gasteiger partial charge in [-0.3, -0.25) is 9.59 Å². The standard InChI is InChI=1S/C15H16N2O3/c1-3-17(11-15(19)20-2)14(18)8-7-12-5-4-6-13(9-12)10-16/h4-9H,3,11H2,1-2H3. The lowest BCUT2D eigenvalue weighted by atomic mass is 10.1. The molecule has 0 aliphatic heterocycles. The molecule has 0 aliphatic carbocycles. The zero-order chi connectivity index (χ0) is 15.0. The molecule has 0 atom stereocenters. The third-order valence-corrected chi connectivity index (χ3v) is 2.68. The second-order valence-corrected chi connectivity index (χ2v) is 4.00. The van der Waals surface area contributed by atoms with Gasteiger partial charge in [0.15, 0.2) is 0 Å². The summed E-state index contributed by atoms with van der Waals surface area (Å²) >= 11 is 0. The number of benzene rings is 1. The summed E-state index contributed by atoms with van der Waals surface area (Å²) in [5.74, 6) is -0.736. The molecule has 0 bridgehead atoms. The lowest BCUT2D eigenvalue weighted by molar-refractivity contribution is -0.145. The van der Waals surface area contributed by atoms with Gasteiger partial charge in [-0.1, -0.05) is 12.1 Å². The van der Waals surface area contributed by atoms with E-state index in [-0.39, 0.29) is 12.5 Å². The van der Waals surface area contributed by atoms with E-state index in [2.05, 4.69) is 4.74 Å². The predicted molar refractivity (Wildman–Crippen MR) is 74.5 cm³/mol. The summed E-state index contributed by atoms with van der Waals surface area (Å²) in [5, 5.41) is 8.79. The summed E-state index contributed by atoms with van der Waals surface area (Å²) in [6, 6.07) is 8.94. The highest BCUT2D eigenvalue weighted by Crippen LogP contribution is 2.06. The van der Waals surface area contributed by atoms with Crippen LogP contribution in [-0.4, -0.2) is 37.0 Å². The molecule has 0 fully saturated rings. The minimum absolute atomic E-state index is 0.0750. The Morgan fingerprint density at radius 1 is 1.45 bits per heavy atom. The van der Waals surface area contributed by atoms with Crippen molar-refractivity contribution in [2.45, 2.75) is 6.92 Å². The van der Waals surface area contributed by atoms with Gasteiger partial charge >= 0.3 is 5.97 Å². The third kappa shape index (κ3) is 4.58. The number of hydrogen-bond acceptors (Lipinski definition) is 4. The molecule has 0 unspecified atom stereocenters. The molecule has 0 radical (unpaired) electrons. The normalized spacial score (nSPS) is 10.1. The molecular formula is C15H16N2O3. The predicted octanol–water partition coefficient (Wildman–Crippen LogP) is 1.59. The van der Waals surface area contributed by atoms with Crippen LogP contribution in [0.2, 0.25) is 0 Å². The average molecular weight is 272 g/mol. The maximum atomic E-state index is 11.9. The molecule has 1 aromatic rings. The van der Waals surface area contributed by atoms with Gasteiger partial charge in [0.25, 0.3) is 0 Å². The maximum absolute atomic E-state index is 11.9. The van der Waals surface area contributed by atoms with Crippen molar-refractivity contribution >= 4 is 18.0 Å². The number of nitrogens with zero attached hydrogens (tertiary/aromatic N) is 2. The topological polar surface area (TPSA) is 70.4 Å². The highest BCUT2D eigenvalue weighted by atomic mass is 16.5. The SMILES string of the molecule is CCN(CC(=O)OC)C(=O)C=Cc1cccc(C#N)c1. The summed E-state index contributed by atoms with van der Waals surface area (Å²) in [5.41, 5.74) is 1.29. The minimum atomic E-state index is -0.458. The first-order valence-corrected chi connectivity index (χ1v) is 6.14. The quantitative estimate of drug-likeness (QED) is 0.603. The van der Waals surface area contributed by atoms with E-state index in [4.69, 9.17) is 5.26 Å². The van der Waals surface area contributed by atoms with E-state index in [0.717, 1.165) is 5.56 Å². The minimum Gasteiger partial charge on any atom is -0.468 e. The molecule has 1 aromatic carbocycles. The zero-order valence-electron chi connectivity index (χ0n) is 11.5. The molecule has 0 heterocycles. The number of nitriles is 1. The van der Waals surface area contributed by atoms with Crippen LogP contribution < -0.4 is 0 Å².